The lowest BCUT2D eigenvalue weighted by molar-refractivity contribution is -0.118. The Morgan fingerprint density at radius 1 is 1.12 bits per heavy atom. The van der Waals surface area contributed by atoms with Crippen LogP contribution in [0.5, 0.6) is 0 Å². The number of sulfonamides is 1. The minimum atomic E-state index is -3.85. The van der Waals surface area contributed by atoms with Gasteiger partial charge in [0.15, 0.2) is 0 Å². The van der Waals surface area contributed by atoms with Gasteiger partial charge in [0.05, 0.1) is 9.92 Å². The molecule has 0 spiro atoms. The number of hydrogen-bond donors (Lipinski definition) is 3. The highest BCUT2D eigenvalue weighted by molar-refractivity contribution is 7.89. The molecule has 3 N–H and O–H groups in total. The fourth-order valence-electron chi connectivity index (χ4n) is 4.35. The number of aryl methyl sites for hydroxylation is 1. The number of benzene rings is 2. The first-order valence-corrected chi connectivity index (χ1v) is 12.2. The number of fused-ring (bicyclic) bond motifs is 2. The number of rotatable bonds is 4. The number of nitrogens with one attached hydrogen (secondary N) is 3. The van der Waals surface area contributed by atoms with Crippen LogP contribution in [0.25, 0.3) is 10.9 Å². The molecule has 0 saturated carbocycles. The average molecular weight is 495 g/mol. The quantitative estimate of drug-likeness (QED) is 0.518. The first-order chi connectivity index (χ1) is 14.9. The van der Waals surface area contributed by atoms with Crippen molar-refractivity contribution < 1.29 is 13.2 Å². The molecular weight excluding hydrogens is 471 g/mol. The third-order valence-electron chi connectivity index (χ3n) is 6.03. The van der Waals surface area contributed by atoms with E-state index in [1.165, 1.54) is 23.3 Å². The van der Waals surface area contributed by atoms with E-state index in [2.05, 4.69) is 27.2 Å². The molecule has 7 nitrogen and oxygen atoms in total. The highest BCUT2D eigenvalue weighted by atomic mass is 35.5. The number of halogens is 2. The summed E-state index contributed by atoms with van der Waals surface area (Å²) in [5.74, 6) is -0.223. The Morgan fingerprint density at radius 3 is 2.81 bits per heavy atom. The third kappa shape index (κ3) is 4.25. The lowest BCUT2D eigenvalue weighted by atomic mass is 10.0. The van der Waals surface area contributed by atoms with Crippen LogP contribution in [-0.2, 0) is 27.8 Å². The number of amides is 1. The molecule has 1 amide bonds. The van der Waals surface area contributed by atoms with Gasteiger partial charge in [0.2, 0.25) is 15.9 Å². The Bertz CT molecular complexity index is 1280. The highest BCUT2D eigenvalue weighted by Gasteiger charge is 2.36. The zero-order valence-electron chi connectivity index (χ0n) is 17.2. The Kier molecular flexibility index (Phi) is 6.51. The van der Waals surface area contributed by atoms with E-state index < -0.39 is 16.1 Å². The second kappa shape index (κ2) is 9.03. The van der Waals surface area contributed by atoms with E-state index in [1.54, 1.807) is 17.2 Å². The van der Waals surface area contributed by atoms with Gasteiger partial charge in [-0.1, -0.05) is 17.7 Å². The summed E-state index contributed by atoms with van der Waals surface area (Å²) in [7, 11) is -3.85. The van der Waals surface area contributed by atoms with E-state index in [9.17, 15) is 13.2 Å². The maximum atomic E-state index is 13.0. The minimum absolute atomic E-state index is 0. The zero-order chi connectivity index (χ0) is 21.6. The van der Waals surface area contributed by atoms with Gasteiger partial charge in [-0.05, 0) is 67.3 Å². The summed E-state index contributed by atoms with van der Waals surface area (Å²) in [6.45, 7) is 2.30. The molecule has 2 aliphatic heterocycles. The summed E-state index contributed by atoms with van der Waals surface area (Å²) < 4.78 is 28.4. The zero-order valence-corrected chi connectivity index (χ0v) is 19.6. The van der Waals surface area contributed by atoms with E-state index in [-0.39, 0.29) is 23.2 Å². The van der Waals surface area contributed by atoms with Gasteiger partial charge in [-0.2, -0.15) is 4.72 Å². The van der Waals surface area contributed by atoms with Gasteiger partial charge in [0, 0.05) is 35.9 Å². The number of anilines is 1. The molecule has 170 valence electrons. The van der Waals surface area contributed by atoms with Gasteiger partial charge < -0.3 is 15.2 Å². The normalized spacial score (nSPS) is 19.0. The van der Waals surface area contributed by atoms with E-state index in [0.29, 0.717) is 23.5 Å². The standard InChI is InChI=1S/C22H23ClN4O3S.ClH/c23-19-13-25-21-11-17(5-6-18(19)21)31(29,30)26-20-7-9-27(22(20)28)16-4-3-15-12-24-8-1-2-14(15)10-16;/h3-6,10-11,13,20,24-26H,1-2,7-9,12H2;1H/t20-;/m0./s1. The molecule has 0 radical (unpaired) electrons. The van der Waals surface area contributed by atoms with Gasteiger partial charge in [-0.25, -0.2) is 8.42 Å². The van der Waals surface area contributed by atoms with Crippen LogP contribution in [-0.4, -0.2) is 38.4 Å². The van der Waals surface area contributed by atoms with E-state index in [1.807, 2.05) is 6.07 Å². The van der Waals surface area contributed by atoms with E-state index in [0.717, 1.165) is 37.0 Å². The second-order valence-corrected chi connectivity index (χ2v) is 10.2. The number of hydrogen-bond acceptors (Lipinski definition) is 4. The number of aromatic nitrogens is 1. The summed E-state index contributed by atoms with van der Waals surface area (Å²) in [6.07, 6.45) is 4.07. The Hall–Kier alpha value is -2.10. The van der Waals surface area contributed by atoms with Crippen molar-refractivity contribution in [1.29, 1.82) is 0 Å². The second-order valence-electron chi connectivity index (χ2n) is 8.03. The molecule has 10 heteroatoms. The van der Waals surface area contributed by atoms with Gasteiger partial charge in [0.1, 0.15) is 6.04 Å². The first-order valence-electron chi connectivity index (χ1n) is 10.4. The predicted octanol–water partition coefficient (Wildman–Crippen LogP) is 3.36. The molecule has 3 heterocycles. The first kappa shape index (κ1) is 23.1. The SMILES string of the molecule is Cl.O=C1[C@@H](NS(=O)(=O)c2ccc3c(Cl)c[nH]c3c2)CCN1c1ccc2c(c1)CCCNC2. The van der Waals surface area contributed by atoms with Crippen LogP contribution in [0.15, 0.2) is 47.5 Å². The average Bonchev–Trinajstić information content (AvgIpc) is 3.20. The summed E-state index contributed by atoms with van der Waals surface area (Å²) in [5, 5.41) is 4.68. The largest absolute Gasteiger partial charge is 0.360 e. The van der Waals surface area contributed by atoms with Gasteiger partial charge >= 0.3 is 0 Å². The minimum Gasteiger partial charge on any atom is -0.360 e. The number of H-pyrrole nitrogens is 1. The molecule has 5 rings (SSSR count). The third-order valence-corrected chi connectivity index (χ3v) is 7.81. The van der Waals surface area contributed by atoms with Crippen LogP contribution in [0.1, 0.15) is 24.0 Å². The van der Waals surface area contributed by atoms with Crippen LogP contribution in [0.4, 0.5) is 5.69 Å². The van der Waals surface area contributed by atoms with Crippen LogP contribution in [0, 0.1) is 0 Å². The van der Waals surface area contributed by atoms with Crippen LogP contribution >= 0.6 is 24.0 Å². The summed E-state index contributed by atoms with van der Waals surface area (Å²) >= 11 is 6.07. The Morgan fingerprint density at radius 2 is 1.97 bits per heavy atom. The number of aromatic amines is 1. The summed E-state index contributed by atoms with van der Waals surface area (Å²) in [6, 6.07) is 9.99. The lowest BCUT2D eigenvalue weighted by Crippen LogP contribution is -2.41. The molecule has 0 bridgehead atoms. The molecule has 1 saturated heterocycles. The molecule has 1 aromatic heterocycles. The Labute approximate surface area is 198 Å². The maximum Gasteiger partial charge on any atom is 0.245 e. The number of carbonyl (C=O) groups excluding carboxylic acids is 1. The van der Waals surface area contributed by atoms with Crippen molar-refractivity contribution in [3.05, 3.63) is 58.7 Å². The van der Waals surface area contributed by atoms with Crippen molar-refractivity contribution in [2.24, 2.45) is 0 Å². The van der Waals surface area contributed by atoms with Crippen LogP contribution in [0.2, 0.25) is 5.02 Å². The van der Waals surface area contributed by atoms with Crippen molar-refractivity contribution in [2.75, 3.05) is 18.0 Å². The van der Waals surface area contributed by atoms with Gasteiger partial charge in [0.25, 0.3) is 0 Å². The highest BCUT2D eigenvalue weighted by Crippen LogP contribution is 2.28. The van der Waals surface area contributed by atoms with Crippen molar-refractivity contribution >= 4 is 56.5 Å². The summed E-state index contributed by atoms with van der Waals surface area (Å²) in [4.78, 5) is 17.8. The van der Waals surface area contributed by atoms with Gasteiger partial charge in [-0.15, -0.1) is 12.4 Å². The van der Waals surface area contributed by atoms with Crippen molar-refractivity contribution in [2.45, 2.75) is 36.7 Å². The molecule has 1 atom stereocenters. The molecule has 32 heavy (non-hydrogen) atoms. The fraction of sp³-hybridized carbons (Fsp3) is 0.318. The smallest absolute Gasteiger partial charge is 0.245 e. The van der Waals surface area contributed by atoms with Crippen molar-refractivity contribution in [1.82, 2.24) is 15.0 Å². The molecule has 0 unspecified atom stereocenters. The number of carbonyl (C=O) groups is 1. The van der Waals surface area contributed by atoms with Gasteiger partial charge in [-0.3, -0.25) is 4.79 Å². The molecule has 0 aliphatic carbocycles. The van der Waals surface area contributed by atoms with Crippen LogP contribution < -0.4 is 14.9 Å². The van der Waals surface area contributed by atoms with E-state index in [4.69, 9.17) is 11.6 Å². The van der Waals surface area contributed by atoms with E-state index >= 15 is 0 Å². The maximum absolute atomic E-state index is 13.0. The fourth-order valence-corrected chi connectivity index (χ4v) is 5.82. The molecular formula is C22H24Cl2N4O3S. The monoisotopic (exact) mass is 494 g/mol. The molecule has 2 aromatic carbocycles. The Balaban J connectivity index is 0.00000245. The molecule has 1 fully saturated rings. The summed E-state index contributed by atoms with van der Waals surface area (Å²) in [5.41, 5.74) is 3.96. The molecule has 2 aliphatic rings. The lowest BCUT2D eigenvalue weighted by Gasteiger charge is -2.19. The van der Waals surface area contributed by atoms with Crippen molar-refractivity contribution in [3.63, 3.8) is 0 Å². The topological polar surface area (TPSA) is 94.3 Å². The number of nitrogens with zero attached hydrogens (tertiary/aromatic N) is 1. The van der Waals surface area contributed by atoms with Crippen molar-refractivity contribution in [3.8, 4) is 0 Å². The predicted molar refractivity (Wildman–Crippen MR) is 128 cm³/mol. The van der Waals surface area contributed by atoms with Crippen LogP contribution in [0.3, 0.4) is 0 Å². The molecule has 3 aromatic rings.